The van der Waals surface area contributed by atoms with E-state index in [1.54, 1.807) is 42.5 Å². The van der Waals surface area contributed by atoms with E-state index in [1.807, 2.05) is 6.92 Å². The third kappa shape index (κ3) is 4.93. The second kappa shape index (κ2) is 9.06. The molecule has 1 saturated heterocycles. The second-order valence-electron chi connectivity index (χ2n) is 6.64. The highest BCUT2D eigenvalue weighted by Crippen LogP contribution is 2.27. The first-order valence-corrected chi connectivity index (χ1v) is 10.9. The Bertz CT molecular complexity index is 979. The van der Waals surface area contributed by atoms with E-state index < -0.39 is 22.0 Å². The summed E-state index contributed by atoms with van der Waals surface area (Å²) in [6.07, 6.45) is 1.07. The van der Waals surface area contributed by atoms with Gasteiger partial charge in [0.25, 0.3) is 0 Å². The van der Waals surface area contributed by atoms with Crippen LogP contribution in [0.5, 0.6) is 0 Å². The average molecular weight is 417 g/mol. The van der Waals surface area contributed by atoms with Gasteiger partial charge in [0.05, 0.1) is 4.90 Å². The Morgan fingerprint density at radius 3 is 2.41 bits per heavy atom. The van der Waals surface area contributed by atoms with E-state index in [2.05, 4.69) is 16.0 Å². The van der Waals surface area contributed by atoms with Crippen LogP contribution in [0, 0.1) is 0 Å². The van der Waals surface area contributed by atoms with E-state index in [0.717, 1.165) is 0 Å². The lowest BCUT2D eigenvalue weighted by atomic mass is 10.2. The molecule has 154 valence electrons. The lowest BCUT2D eigenvalue weighted by Crippen LogP contribution is -2.43. The molecular formula is C20H24N4O4S. The van der Waals surface area contributed by atoms with Gasteiger partial charge < -0.3 is 16.0 Å². The fourth-order valence-electron chi connectivity index (χ4n) is 3.25. The van der Waals surface area contributed by atoms with Crippen LogP contribution in [-0.4, -0.2) is 43.8 Å². The molecule has 29 heavy (non-hydrogen) atoms. The van der Waals surface area contributed by atoms with E-state index in [1.165, 1.54) is 16.4 Å². The van der Waals surface area contributed by atoms with Crippen molar-refractivity contribution in [1.29, 1.82) is 0 Å². The third-order valence-electron chi connectivity index (χ3n) is 4.58. The number of urea groups is 1. The van der Waals surface area contributed by atoms with E-state index in [9.17, 15) is 18.0 Å². The smallest absolute Gasteiger partial charge is 0.319 e. The molecule has 1 atom stereocenters. The number of hydrogen-bond acceptors (Lipinski definition) is 4. The minimum Gasteiger partial charge on any atom is -0.338 e. The predicted molar refractivity (Wildman–Crippen MR) is 111 cm³/mol. The van der Waals surface area contributed by atoms with Crippen LogP contribution < -0.4 is 16.0 Å². The first-order valence-electron chi connectivity index (χ1n) is 9.44. The number of carbonyl (C=O) groups excluding carboxylic acids is 2. The number of rotatable bonds is 6. The molecule has 1 aliphatic rings. The Kier molecular flexibility index (Phi) is 6.50. The minimum absolute atomic E-state index is 0.174. The van der Waals surface area contributed by atoms with E-state index in [0.29, 0.717) is 37.3 Å². The Morgan fingerprint density at radius 2 is 1.72 bits per heavy atom. The quantitative estimate of drug-likeness (QED) is 0.673. The van der Waals surface area contributed by atoms with E-state index >= 15 is 0 Å². The maximum Gasteiger partial charge on any atom is 0.319 e. The summed E-state index contributed by atoms with van der Waals surface area (Å²) in [7, 11) is -3.75. The van der Waals surface area contributed by atoms with Gasteiger partial charge in [0, 0.05) is 24.5 Å². The Morgan fingerprint density at radius 1 is 1.03 bits per heavy atom. The highest BCUT2D eigenvalue weighted by Gasteiger charge is 2.39. The number of amides is 3. The summed E-state index contributed by atoms with van der Waals surface area (Å²) in [4.78, 5) is 24.7. The molecule has 9 heteroatoms. The monoisotopic (exact) mass is 416 g/mol. The van der Waals surface area contributed by atoms with E-state index in [-0.39, 0.29) is 10.9 Å². The molecule has 8 nitrogen and oxygen atoms in total. The van der Waals surface area contributed by atoms with Crippen molar-refractivity contribution in [3.63, 3.8) is 0 Å². The Hall–Kier alpha value is -2.91. The summed E-state index contributed by atoms with van der Waals surface area (Å²) in [6.45, 7) is 2.61. The van der Waals surface area contributed by atoms with Crippen LogP contribution in [-0.2, 0) is 14.8 Å². The van der Waals surface area contributed by atoms with E-state index in [4.69, 9.17) is 0 Å². The summed E-state index contributed by atoms with van der Waals surface area (Å²) >= 11 is 0. The molecule has 0 aromatic heterocycles. The van der Waals surface area contributed by atoms with Crippen molar-refractivity contribution in [2.75, 3.05) is 23.7 Å². The molecule has 3 amide bonds. The molecule has 0 bridgehead atoms. The number of nitrogens with zero attached hydrogens (tertiary/aromatic N) is 1. The zero-order valence-electron chi connectivity index (χ0n) is 16.1. The van der Waals surface area contributed by atoms with Crippen molar-refractivity contribution < 1.29 is 18.0 Å². The Labute approximate surface area is 170 Å². The first kappa shape index (κ1) is 20.8. The standard InChI is InChI=1S/C20H24N4O4S/c1-2-21-20(26)23-16-9-6-8-15(14-16)22-19(25)18-12-7-13-24(18)29(27,28)17-10-4-3-5-11-17/h3-6,8-11,14,18H,2,7,12-13H2,1H3,(H,22,25)(H2,21,23,26). The lowest BCUT2D eigenvalue weighted by Gasteiger charge is -2.23. The van der Waals surface area contributed by atoms with Crippen LogP contribution in [0.25, 0.3) is 0 Å². The predicted octanol–water partition coefficient (Wildman–Crippen LogP) is 2.62. The van der Waals surface area contributed by atoms with Crippen molar-refractivity contribution in [2.45, 2.75) is 30.7 Å². The fourth-order valence-corrected chi connectivity index (χ4v) is 4.93. The van der Waals surface area contributed by atoms with Gasteiger partial charge in [-0.3, -0.25) is 4.79 Å². The number of benzene rings is 2. The number of nitrogens with one attached hydrogen (secondary N) is 3. The number of sulfonamides is 1. The summed E-state index contributed by atoms with van der Waals surface area (Å²) in [5.41, 5.74) is 1.00. The number of anilines is 2. The maximum atomic E-state index is 12.9. The maximum absolute atomic E-state index is 12.9. The molecule has 1 fully saturated rings. The normalized spacial score (nSPS) is 16.9. The molecule has 0 saturated carbocycles. The van der Waals surface area contributed by atoms with Gasteiger partial charge in [0.15, 0.2) is 0 Å². The van der Waals surface area contributed by atoms with Crippen molar-refractivity contribution in [3.05, 3.63) is 54.6 Å². The Balaban J connectivity index is 1.73. The highest BCUT2D eigenvalue weighted by atomic mass is 32.2. The molecule has 3 rings (SSSR count). The highest BCUT2D eigenvalue weighted by molar-refractivity contribution is 7.89. The summed E-state index contributed by atoms with van der Waals surface area (Å²) < 4.78 is 27.1. The van der Waals surface area contributed by atoms with Gasteiger partial charge in [0.1, 0.15) is 6.04 Å². The summed E-state index contributed by atoms with van der Waals surface area (Å²) in [5.74, 6) is -0.392. The second-order valence-corrected chi connectivity index (χ2v) is 8.53. The fraction of sp³-hybridized carbons (Fsp3) is 0.300. The molecule has 0 spiro atoms. The van der Waals surface area contributed by atoms with Crippen LogP contribution in [0.15, 0.2) is 59.5 Å². The van der Waals surface area contributed by atoms with Crippen LogP contribution in [0.1, 0.15) is 19.8 Å². The van der Waals surface area contributed by atoms with Crippen molar-refractivity contribution in [3.8, 4) is 0 Å². The van der Waals surface area contributed by atoms with Crippen LogP contribution in [0.3, 0.4) is 0 Å². The molecule has 0 aliphatic carbocycles. The molecule has 2 aromatic rings. The van der Waals surface area contributed by atoms with Crippen molar-refractivity contribution in [1.82, 2.24) is 9.62 Å². The largest absolute Gasteiger partial charge is 0.338 e. The molecular weight excluding hydrogens is 392 g/mol. The van der Waals surface area contributed by atoms with Crippen LogP contribution in [0.4, 0.5) is 16.2 Å². The van der Waals surface area contributed by atoms with Crippen LogP contribution >= 0.6 is 0 Å². The number of carbonyl (C=O) groups is 2. The summed E-state index contributed by atoms with van der Waals surface area (Å²) in [5, 5.41) is 8.07. The molecule has 1 heterocycles. The van der Waals surface area contributed by atoms with Gasteiger partial charge in [-0.05, 0) is 50.1 Å². The number of hydrogen-bond donors (Lipinski definition) is 3. The van der Waals surface area contributed by atoms with Gasteiger partial charge in [-0.2, -0.15) is 4.31 Å². The lowest BCUT2D eigenvalue weighted by molar-refractivity contribution is -0.119. The molecule has 0 radical (unpaired) electrons. The molecule has 3 N–H and O–H groups in total. The van der Waals surface area contributed by atoms with Crippen LogP contribution in [0.2, 0.25) is 0 Å². The zero-order chi connectivity index (χ0) is 20.9. The van der Waals surface area contributed by atoms with Crippen molar-refractivity contribution in [2.24, 2.45) is 0 Å². The van der Waals surface area contributed by atoms with Gasteiger partial charge in [-0.1, -0.05) is 24.3 Å². The minimum atomic E-state index is -3.75. The first-order chi connectivity index (χ1) is 13.9. The van der Waals surface area contributed by atoms with Gasteiger partial charge in [-0.25, -0.2) is 13.2 Å². The third-order valence-corrected chi connectivity index (χ3v) is 6.50. The average Bonchev–Trinajstić information content (AvgIpc) is 3.20. The topological polar surface area (TPSA) is 108 Å². The summed E-state index contributed by atoms with van der Waals surface area (Å²) in [6, 6.07) is 13.7. The molecule has 1 aliphatic heterocycles. The van der Waals surface area contributed by atoms with Crippen molar-refractivity contribution >= 4 is 33.3 Å². The SMILES string of the molecule is CCNC(=O)Nc1cccc(NC(=O)C2CCCN2S(=O)(=O)c2ccccc2)c1. The molecule has 2 aromatic carbocycles. The molecule has 1 unspecified atom stereocenters. The zero-order valence-corrected chi connectivity index (χ0v) is 16.9. The van der Waals surface area contributed by atoms with Gasteiger partial charge in [-0.15, -0.1) is 0 Å². The van der Waals surface area contributed by atoms with Gasteiger partial charge in [0.2, 0.25) is 15.9 Å². The van der Waals surface area contributed by atoms with Gasteiger partial charge >= 0.3 is 6.03 Å².